The van der Waals surface area contributed by atoms with Crippen LogP contribution in [-0.4, -0.2) is 41.0 Å². The van der Waals surface area contributed by atoms with Crippen LogP contribution in [0.5, 0.6) is 5.75 Å². The number of carbonyl (C=O) groups is 2. The summed E-state index contributed by atoms with van der Waals surface area (Å²) >= 11 is 0. The lowest BCUT2D eigenvalue weighted by Gasteiger charge is -2.16. The highest BCUT2D eigenvalue weighted by molar-refractivity contribution is 6.00. The normalized spacial score (nSPS) is 10.8. The number of amidine groups is 1. The maximum atomic E-state index is 12.7. The second-order valence-corrected chi connectivity index (χ2v) is 8.48. The number of hydrogen-bond donors (Lipinski definition) is 4. The van der Waals surface area contributed by atoms with Crippen LogP contribution < -0.4 is 15.8 Å². The first kappa shape index (κ1) is 24.5. The van der Waals surface area contributed by atoms with Crippen molar-refractivity contribution in [3.63, 3.8) is 0 Å². The van der Waals surface area contributed by atoms with Gasteiger partial charge in [-0.3, -0.25) is 10.2 Å². The Labute approximate surface area is 208 Å². The average molecular weight is 485 g/mol. The molecule has 36 heavy (non-hydrogen) atoms. The van der Waals surface area contributed by atoms with Crippen molar-refractivity contribution in [1.29, 1.82) is 5.41 Å². The minimum Gasteiger partial charge on any atom is -0.497 e. The van der Waals surface area contributed by atoms with Crippen molar-refractivity contribution in [1.82, 2.24) is 9.88 Å². The third kappa shape index (κ3) is 4.93. The molecule has 0 radical (unpaired) electrons. The summed E-state index contributed by atoms with van der Waals surface area (Å²) in [5.41, 5.74) is 9.78. The summed E-state index contributed by atoms with van der Waals surface area (Å²) in [6.07, 6.45) is 2.75. The molecule has 0 fully saturated rings. The Hall–Kier alpha value is -4.59. The van der Waals surface area contributed by atoms with Crippen molar-refractivity contribution in [2.45, 2.75) is 19.9 Å². The zero-order chi connectivity index (χ0) is 25.8. The van der Waals surface area contributed by atoms with Gasteiger partial charge in [0.15, 0.2) is 0 Å². The predicted octanol–water partition coefficient (Wildman–Crippen LogP) is 4.49. The van der Waals surface area contributed by atoms with Gasteiger partial charge >= 0.3 is 5.97 Å². The quantitative estimate of drug-likeness (QED) is 0.205. The minimum atomic E-state index is -1.08. The summed E-state index contributed by atoms with van der Waals surface area (Å²) in [7, 11) is 1.49. The largest absolute Gasteiger partial charge is 0.497 e. The number of nitrogens with two attached hydrogens (primary N) is 1. The highest BCUT2D eigenvalue weighted by Crippen LogP contribution is 2.32. The smallest absolute Gasteiger partial charge is 0.336 e. The van der Waals surface area contributed by atoms with Crippen molar-refractivity contribution < 1.29 is 19.4 Å². The van der Waals surface area contributed by atoms with Crippen LogP contribution >= 0.6 is 0 Å². The molecular weight excluding hydrogens is 456 g/mol. The molecule has 0 atom stereocenters. The minimum absolute atomic E-state index is 0.00424. The van der Waals surface area contributed by atoms with Gasteiger partial charge in [-0.1, -0.05) is 13.0 Å². The zero-order valence-corrected chi connectivity index (χ0v) is 20.2. The molecule has 1 amide bonds. The van der Waals surface area contributed by atoms with E-state index in [1.165, 1.54) is 13.2 Å². The van der Waals surface area contributed by atoms with Crippen LogP contribution in [-0.2, 0) is 6.54 Å². The van der Waals surface area contributed by atoms with Crippen LogP contribution in [0, 0.1) is 5.41 Å². The van der Waals surface area contributed by atoms with E-state index in [9.17, 15) is 14.7 Å². The first-order chi connectivity index (χ1) is 17.3. The molecule has 4 aromatic rings. The summed E-state index contributed by atoms with van der Waals surface area (Å²) in [6, 6.07) is 17.8. The van der Waals surface area contributed by atoms with Crippen molar-refractivity contribution in [2.75, 3.05) is 13.7 Å². The number of amides is 1. The summed E-state index contributed by atoms with van der Waals surface area (Å²) in [6.45, 7) is 2.97. The molecule has 8 heteroatoms. The van der Waals surface area contributed by atoms with Gasteiger partial charge in [0.2, 0.25) is 0 Å². The third-order valence-electron chi connectivity index (χ3n) is 6.08. The van der Waals surface area contributed by atoms with E-state index in [-0.39, 0.29) is 17.3 Å². The van der Waals surface area contributed by atoms with Crippen molar-refractivity contribution in [2.24, 2.45) is 5.73 Å². The maximum absolute atomic E-state index is 12.7. The van der Waals surface area contributed by atoms with Crippen LogP contribution in [0.2, 0.25) is 0 Å². The number of rotatable bonds is 9. The average Bonchev–Trinajstić information content (AvgIpc) is 3.28. The summed E-state index contributed by atoms with van der Waals surface area (Å²) in [4.78, 5) is 24.9. The number of nitrogen functional groups attached to an aromatic ring is 1. The SMILES string of the molecule is CCCNC(=O)c1ccc(Cn2ccc3cc(C(=N)N)ccc32)c(-c2ccc(OC)cc2C(=O)O)c1. The number of nitrogens with one attached hydrogen (secondary N) is 2. The van der Waals surface area contributed by atoms with Gasteiger partial charge in [-0.05, 0) is 77.7 Å². The Bertz CT molecular complexity index is 1470. The molecular formula is C28H28N4O4. The Morgan fingerprint density at radius 1 is 1.03 bits per heavy atom. The molecule has 5 N–H and O–H groups in total. The van der Waals surface area contributed by atoms with E-state index in [2.05, 4.69) is 5.32 Å². The summed E-state index contributed by atoms with van der Waals surface area (Å²) < 4.78 is 7.28. The Kier molecular flexibility index (Phi) is 7.05. The summed E-state index contributed by atoms with van der Waals surface area (Å²) in [5.74, 6) is -0.853. The standard InChI is InChI=1S/C28H28N4O4/c1-3-11-31-27(33)19-4-5-20(16-32-12-10-17-13-18(26(29)30)6-9-25(17)32)23(14-19)22-8-7-21(36-2)15-24(22)28(34)35/h4-10,12-15H,3,11,16H2,1-2H3,(H3,29,30)(H,31,33)(H,34,35). The molecule has 0 bridgehead atoms. The van der Waals surface area contributed by atoms with Crippen LogP contribution in [0.15, 0.2) is 66.9 Å². The molecule has 0 aliphatic rings. The monoisotopic (exact) mass is 484 g/mol. The van der Waals surface area contributed by atoms with Crippen LogP contribution in [0.4, 0.5) is 0 Å². The highest BCUT2D eigenvalue weighted by atomic mass is 16.5. The Morgan fingerprint density at radius 2 is 1.81 bits per heavy atom. The van der Waals surface area contributed by atoms with E-state index in [4.69, 9.17) is 15.9 Å². The Balaban J connectivity index is 1.84. The molecule has 0 aliphatic heterocycles. The van der Waals surface area contributed by atoms with E-state index in [1.807, 2.05) is 42.0 Å². The van der Waals surface area contributed by atoms with Crippen LogP contribution in [0.3, 0.4) is 0 Å². The summed E-state index contributed by atoms with van der Waals surface area (Å²) in [5, 5.41) is 21.4. The molecule has 8 nitrogen and oxygen atoms in total. The lowest BCUT2D eigenvalue weighted by molar-refractivity contribution is 0.0697. The fourth-order valence-electron chi connectivity index (χ4n) is 4.20. The number of ether oxygens (including phenoxy) is 1. The fourth-order valence-corrected chi connectivity index (χ4v) is 4.20. The molecule has 1 heterocycles. The lowest BCUT2D eigenvalue weighted by atomic mass is 9.93. The first-order valence-corrected chi connectivity index (χ1v) is 11.6. The van der Waals surface area contributed by atoms with Gasteiger partial charge in [0, 0.05) is 41.3 Å². The van der Waals surface area contributed by atoms with Gasteiger partial charge in [-0.25, -0.2) is 4.79 Å². The molecule has 0 saturated carbocycles. The molecule has 184 valence electrons. The van der Waals surface area contributed by atoms with Crippen molar-refractivity contribution in [3.05, 3.63) is 89.1 Å². The van der Waals surface area contributed by atoms with Crippen molar-refractivity contribution in [3.8, 4) is 16.9 Å². The number of aromatic nitrogens is 1. The van der Waals surface area contributed by atoms with E-state index in [1.54, 1.807) is 30.3 Å². The number of hydrogen-bond acceptors (Lipinski definition) is 4. The second-order valence-electron chi connectivity index (χ2n) is 8.48. The van der Waals surface area contributed by atoms with Crippen LogP contribution in [0.1, 0.15) is 45.2 Å². The second kappa shape index (κ2) is 10.4. The molecule has 0 saturated heterocycles. The number of carbonyl (C=O) groups excluding carboxylic acids is 1. The number of nitrogens with zero attached hydrogens (tertiary/aromatic N) is 1. The third-order valence-corrected chi connectivity index (χ3v) is 6.08. The number of carboxylic acids is 1. The number of methoxy groups -OCH3 is 1. The molecule has 3 aromatic carbocycles. The first-order valence-electron chi connectivity index (χ1n) is 11.6. The number of carboxylic acid groups (broad SMARTS) is 1. The highest BCUT2D eigenvalue weighted by Gasteiger charge is 2.19. The van der Waals surface area contributed by atoms with E-state index in [0.29, 0.717) is 41.1 Å². The predicted molar refractivity (Wildman–Crippen MR) is 140 cm³/mol. The number of fused-ring (bicyclic) bond motifs is 1. The maximum Gasteiger partial charge on any atom is 0.336 e. The van der Waals surface area contributed by atoms with Gasteiger partial charge in [-0.15, -0.1) is 0 Å². The number of aromatic carboxylic acids is 1. The molecule has 0 unspecified atom stereocenters. The molecule has 1 aromatic heterocycles. The Morgan fingerprint density at radius 3 is 2.50 bits per heavy atom. The van der Waals surface area contributed by atoms with Gasteiger partial charge in [-0.2, -0.15) is 0 Å². The molecule has 4 rings (SSSR count). The fraction of sp³-hybridized carbons (Fsp3) is 0.179. The van der Waals surface area contributed by atoms with Gasteiger partial charge < -0.3 is 25.5 Å². The topological polar surface area (TPSA) is 130 Å². The van der Waals surface area contributed by atoms with Gasteiger partial charge in [0.25, 0.3) is 5.91 Å². The van der Waals surface area contributed by atoms with E-state index >= 15 is 0 Å². The lowest BCUT2D eigenvalue weighted by Crippen LogP contribution is -2.24. The van der Waals surface area contributed by atoms with Crippen LogP contribution in [0.25, 0.3) is 22.0 Å². The van der Waals surface area contributed by atoms with Gasteiger partial charge in [0.05, 0.1) is 12.7 Å². The molecule has 0 spiro atoms. The van der Waals surface area contributed by atoms with Gasteiger partial charge in [0.1, 0.15) is 11.6 Å². The van der Waals surface area contributed by atoms with E-state index < -0.39 is 5.97 Å². The van der Waals surface area contributed by atoms with E-state index in [0.717, 1.165) is 22.9 Å². The molecule has 0 aliphatic carbocycles. The number of benzene rings is 3. The zero-order valence-electron chi connectivity index (χ0n) is 20.2. The van der Waals surface area contributed by atoms with Crippen molar-refractivity contribution >= 4 is 28.6 Å².